The number of amides is 1. The molecule has 0 aliphatic rings. The van der Waals surface area contributed by atoms with Gasteiger partial charge in [0.1, 0.15) is 12.4 Å². The van der Waals surface area contributed by atoms with Crippen molar-refractivity contribution in [3.63, 3.8) is 0 Å². The van der Waals surface area contributed by atoms with Gasteiger partial charge in [-0.05, 0) is 32.0 Å². The molecule has 1 aromatic carbocycles. The molecule has 0 spiro atoms. The van der Waals surface area contributed by atoms with Crippen LogP contribution in [0.4, 0.5) is 8.78 Å². The van der Waals surface area contributed by atoms with Crippen LogP contribution in [0.25, 0.3) is 0 Å². The SMILES string of the molecule is CC(COc1ccc(F)cc1F)NC(=O)CCCN. The van der Waals surface area contributed by atoms with Crippen molar-refractivity contribution < 1.29 is 18.3 Å². The fraction of sp³-hybridized carbons (Fsp3) is 0.462. The number of carbonyl (C=O) groups is 1. The molecule has 1 aromatic rings. The van der Waals surface area contributed by atoms with E-state index in [0.717, 1.165) is 12.1 Å². The fourth-order valence-corrected chi connectivity index (χ4v) is 1.46. The Kier molecular flexibility index (Phi) is 6.21. The van der Waals surface area contributed by atoms with E-state index in [0.29, 0.717) is 19.4 Å². The standard InChI is InChI=1S/C13H18F2N2O2/c1-9(17-13(18)3-2-6-16)8-19-12-5-4-10(14)7-11(12)15/h4-5,7,9H,2-3,6,8,16H2,1H3,(H,17,18). The summed E-state index contributed by atoms with van der Waals surface area (Å²) in [6, 6.07) is 2.81. The van der Waals surface area contributed by atoms with Crippen molar-refractivity contribution in [3.05, 3.63) is 29.8 Å². The van der Waals surface area contributed by atoms with E-state index in [1.165, 1.54) is 6.07 Å². The van der Waals surface area contributed by atoms with Gasteiger partial charge in [0.15, 0.2) is 11.6 Å². The van der Waals surface area contributed by atoms with Crippen LogP contribution in [0.1, 0.15) is 19.8 Å². The molecule has 0 heterocycles. The lowest BCUT2D eigenvalue weighted by atomic mass is 10.2. The molecule has 106 valence electrons. The van der Waals surface area contributed by atoms with Gasteiger partial charge in [-0.15, -0.1) is 0 Å². The summed E-state index contributed by atoms with van der Waals surface area (Å²) < 4.78 is 31.1. The molecule has 19 heavy (non-hydrogen) atoms. The third-order valence-corrected chi connectivity index (χ3v) is 2.40. The Hall–Kier alpha value is -1.69. The summed E-state index contributed by atoms with van der Waals surface area (Å²) in [5.41, 5.74) is 5.29. The lowest BCUT2D eigenvalue weighted by Gasteiger charge is -2.15. The van der Waals surface area contributed by atoms with E-state index >= 15 is 0 Å². The Morgan fingerprint density at radius 2 is 2.21 bits per heavy atom. The first kappa shape index (κ1) is 15.4. The summed E-state index contributed by atoms with van der Waals surface area (Å²) in [5, 5.41) is 2.70. The van der Waals surface area contributed by atoms with Crippen molar-refractivity contribution in [2.45, 2.75) is 25.8 Å². The number of ether oxygens (including phenoxy) is 1. The first-order valence-corrected chi connectivity index (χ1v) is 6.10. The fourth-order valence-electron chi connectivity index (χ4n) is 1.46. The minimum absolute atomic E-state index is 0.0375. The summed E-state index contributed by atoms with van der Waals surface area (Å²) in [6.07, 6.45) is 0.970. The molecular formula is C13H18F2N2O2. The Morgan fingerprint density at radius 3 is 2.84 bits per heavy atom. The minimum Gasteiger partial charge on any atom is -0.488 e. The highest BCUT2D eigenvalue weighted by Crippen LogP contribution is 2.17. The first-order chi connectivity index (χ1) is 9.02. The number of nitrogens with one attached hydrogen (secondary N) is 1. The van der Waals surface area contributed by atoms with Gasteiger partial charge in [0.25, 0.3) is 0 Å². The lowest BCUT2D eigenvalue weighted by Crippen LogP contribution is -2.36. The molecule has 0 saturated heterocycles. The maximum atomic E-state index is 13.3. The predicted octanol–water partition coefficient (Wildman–Crippen LogP) is 1.59. The van der Waals surface area contributed by atoms with E-state index in [4.69, 9.17) is 10.5 Å². The van der Waals surface area contributed by atoms with Crippen molar-refractivity contribution in [2.75, 3.05) is 13.2 Å². The number of hydrogen-bond acceptors (Lipinski definition) is 3. The highest BCUT2D eigenvalue weighted by Gasteiger charge is 2.10. The summed E-state index contributed by atoms with van der Waals surface area (Å²) in [5.74, 6) is -1.58. The van der Waals surface area contributed by atoms with E-state index < -0.39 is 11.6 Å². The minimum atomic E-state index is -0.762. The van der Waals surface area contributed by atoms with Crippen molar-refractivity contribution in [2.24, 2.45) is 5.73 Å². The van der Waals surface area contributed by atoms with Gasteiger partial charge in [-0.1, -0.05) is 0 Å². The maximum absolute atomic E-state index is 13.3. The van der Waals surface area contributed by atoms with Crippen LogP contribution in [0.5, 0.6) is 5.75 Å². The first-order valence-electron chi connectivity index (χ1n) is 6.10. The van der Waals surface area contributed by atoms with Crippen molar-refractivity contribution in [1.29, 1.82) is 0 Å². The average molecular weight is 272 g/mol. The van der Waals surface area contributed by atoms with E-state index in [-0.39, 0.29) is 24.3 Å². The summed E-state index contributed by atoms with van der Waals surface area (Å²) >= 11 is 0. The quantitative estimate of drug-likeness (QED) is 0.792. The normalized spacial score (nSPS) is 12.0. The Morgan fingerprint density at radius 1 is 1.47 bits per heavy atom. The molecule has 0 radical (unpaired) electrons. The Bertz CT molecular complexity index is 427. The molecular weight excluding hydrogens is 254 g/mol. The van der Waals surface area contributed by atoms with Gasteiger partial charge < -0.3 is 15.8 Å². The number of carbonyl (C=O) groups excluding carboxylic acids is 1. The predicted molar refractivity (Wildman–Crippen MR) is 67.7 cm³/mol. The zero-order valence-corrected chi connectivity index (χ0v) is 10.8. The lowest BCUT2D eigenvalue weighted by molar-refractivity contribution is -0.121. The molecule has 0 aromatic heterocycles. The van der Waals surface area contributed by atoms with Crippen LogP contribution in [0, 0.1) is 11.6 Å². The molecule has 0 bridgehead atoms. The third kappa shape index (κ3) is 5.65. The van der Waals surface area contributed by atoms with Gasteiger partial charge in [0.05, 0.1) is 6.04 Å². The smallest absolute Gasteiger partial charge is 0.220 e. The molecule has 1 atom stereocenters. The third-order valence-electron chi connectivity index (χ3n) is 2.40. The number of halogens is 2. The number of hydrogen-bond donors (Lipinski definition) is 2. The van der Waals surface area contributed by atoms with Crippen molar-refractivity contribution in [1.82, 2.24) is 5.32 Å². The monoisotopic (exact) mass is 272 g/mol. The van der Waals surface area contributed by atoms with Gasteiger partial charge in [-0.25, -0.2) is 8.78 Å². The molecule has 6 heteroatoms. The number of nitrogens with two attached hydrogens (primary N) is 1. The van der Waals surface area contributed by atoms with Gasteiger partial charge in [-0.2, -0.15) is 0 Å². The van der Waals surface area contributed by atoms with Crippen molar-refractivity contribution in [3.8, 4) is 5.75 Å². The van der Waals surface area contributed by atoms with E-state index in [1.807, 2.05) is 0 Å². The summed E-state index contributed by atoms with van der Waals surface area (Å²) in [4.78, 5) is 11.4. The summed E-state index contributed by atoms with van der Waals surface area (Å²) in [7, 11) is 0. The van der Waals surface area contributed by atoms with Crippen LogP contribution >= 0.6 is 0 Å². The zero-order chi connectivity index (χ0) is 14.3. The van der Waals surface area contributed by atoms with Gasteiger partial charge in [-0.3, -0.25) is 4.79 Å². The van der Waals surface area contributed by atoms with Gasteiger partial charge in [0.2, 0.25) is 5.91 Å². The number of benzene rings is 1. The van der Waals surface area contributed by atoms with Gasteiger partial charge >= 0.3 is 0 Å². The molecule has 0 saturated carbocycles. The molecule has 0 fully saturated rings. The van der Waals surface area contributed by atoms with Crippen LogP contribution in [0.3, 0.4) is 0 Å². The molecule has 3 N–H and O–H groups in total. The highest BCUT2D eigenvalue weighted by atomic mass is 19.1. The second-order valence-electron chi connectivity index (χ2n) is 4.25. The highest BCUT2D eigenvalue weighted by molar-refractivity contribution is 5.76. The number of rotatable bonds is 7. The van der Waals surface area contributed by atoms with Crippen LogP contribution in [-0.2, 0) is 4.79 Å². The Balaban J connectivity index is 2.37. The van der Waals surface area contributed by atoms with Crippen LogP contribution in [-0.4, -0.2) is 25.1 Å². The molecule has 1 amide bonds. The van der Waals surface area contributed by atoms with E-state index in [1.54, 1.807) is 6.92 Å². The van der Waals surface area contributed by atoms with E-state index in [2.05, 4.69) is 5.32 Å². The van der Waals surface area contributed by atoms with Gasteiger partial charge in [0, 0.05) is 12.5 Å². The van der Waals surface area contributed by atoms with Crippen molar-refractivity contribution >= 4 is 5.91 Å². The van der Waals surface area contributed by atoms with E-state index in [9.17, 15) is 13.6 Å². The van der Waals surface area contributed by atoms with Crippen LogP contribution in [0.15, 0.2) is 18.2 Å². The van der Waals surface area contributed by atoms with Crippen LogP contribution in [0.2, 0.25) is 0 Å². The maximum Gasteiger partial charge on any atom is 0.220 e. The average Bonchev–Trinajstić information content (AvgIpc) is 2.35. The molecule has 1 unspecified atom stereocenters. The largest absolute Gasteiger partial charge is 0.488 e. The second-order valence-corrected chi connectivity index (χ2v) is 4.25. The Labute approximate surface area is 110 Å². The topological polar surface area (TPSA) is 64.3 Å². The summed E-state index contributed by atoms with van der Waals surface area (Å²) in [6.45, 7) is 2.30. The zero-order valence-electron chi connectivity index (χ0n) is 10.8. The molecule has 1 rings (SSSR count). The molecule has 0 aliphatic carbocycles. The molecule has 0 aliphatic heterocycles. The van der Waals surface area contributed by atoms with Crippen LogP contribution < -0.4 is 15.8 Å². The second kappa shape index (κ2) is 7.68. The molecule has 4 nitrogen and oxygen atoms in total.